The lowest BCUT2D eigenvalue weighted by molar-refractivity contribution is -0.140. The van der Waals surface area contributed by atoms with Gasteiger partial charge in [-0.15, -0.1) is 0 Å². The molecule has 0 unspecified atom stereocenters. The second kappa shape index (κ2) is 3.94. The van der Waals surface area contributed by atoms with Crippen LogP contribution in [0.3, 0.4) is 0 Å². The van der Waals surface area contributed by atoms with Crippen molar-refractivity contribution in [3.8, 4) is 0 Å². The number of allylic oxidation sites excluding steroid dienone is 1. The smallest absolute Gasteiger partial charge is 0.310 e. The predicted molar refractivity (Wildman–Crippen MR) is 69.1 cm³/mol. The van der Waals surface area contributed by atoms with E-state index in [0.29, 0.717) is 6.42 Å². The largest absolute Gasteiger partial charge is 0.481 e. The van der Waals surface area contributed by atoms with Gasteiger partial charge in [-0.25, -0.2) is 0 Å². The van der Waals surface area contributed by atoms with Crippen molar-refractivity contribution >= 4 is 11.8 Å². The summed E-state index contributed by atoms with van der Waals surface area (Å²) in [5.74, 6) is -0.932. The summed E-state index contributed by atoms with van der Waals surface area (Å²) < 4.78 is 0. The molecule has 0 amide bonds. The van der Waals surface area contributed by atoms with Gasteiger partial charge in [0.2, 0.25) is 0 Å². The van der Waals surface area contributed by atoms with Gasteiger partial charge in [-0.05, 0) is 36.2 Å². The first-order valence-corrected chi connectivity index (χ1v) is 6.75. The Hall–Kier alpha value is -1.12. The maximum Gasteiger partial charge on any atom is 0.310 e. The van der Waals surface area contributed by atoms with Crippen molar-refractivity contribution in [2.24, 2.45) is 22.7 Å². The summed E-state index contributed by atoms with van der Waals surface area (Å²) in [5.41, 5.74) is 0.454. The average Bonchev–Trinajstić information content (AvgIpc) is 2.59. The Bertz CT molecular complexity index is 433. The first-order chi connectivity index (χ1) is 8.25. The molecular formula is C15H22O3. The van der Waals surface area contributed by atoms with Crippen LogP contribution in [0, 0.1) is 22.7 Å². The molecule has 2 aliphatic carbocycles. The number of carbonyl (C=O) groups is 2. The second-order valence-electron chi connectivity index (χ2n) is 6.45. The summed E-state index contributed by atoms with van der Waals surface area (Å²) in [5, 5.41) is 9.13. The van der Waals surface area contributed by atoms with Gasteiger partial charge in [0.1, 0.15) is 0 Å². The maximum atomic E-state index is 12.5. The molecule has 0 spiro atoms. The van der Waals surface area contributed by atoms with E-state index in [1.807, 2.05) is 13.8 Å². The maximum absolute atomic E-state index is 12.5. The average molecular weight is 250 g/mol. The van der Waals surface area contributed by atoms with Crippen LogP contribution in [0.15, 0.2) is 11.6 Å². The summed E-state index contributed by atoms with van der Waals surface area (Å²) in [7, 11) is 0. The van der Waals surface area contributed by atoms with Gasteiger partial charge in [-0.1, -0.05) is 33.8 Å². The fourth-order valence-electron chi connectivity index (χ4n) is 3.70. The Balaban J connectivity index is 2.41. The molecule has 0 aromatic rings. The molecule has 100 valence electrons. The lowest BCUT2D eigenvalue weighted by atomic mass is 9.70. The third kappa shape index (κ3) is 1.49. The van der Waals surface area contributed by atoms with Crippen LogP contribution in [0.2, 0.25) is 0 Å². The summed E-state index contributed by atoms with van der Waals surface area (Å²) in [4.78, 5) is 23.6. The number of carboxylic acid groups (broad SMARTS) is 1. The fourth-order valence-corrected chi connectivity index (χ4v) is 3.70. The van der Waals surface area contributed by atoms with E-state index in [4.69, 9.17) is 5.11 Å². The first kappa shape index (κ1) is 13.3. The molecule has 2 fully saturated rings. The number of hydrogen-bond donors (Lipinski definition) is 1. The molecule has 3 atom stereocenters. The van der Waals surface area contributed by atoms with Crippen molar-refractivity contribution in [1.29, 1.82) is 0 Å². The Morgan fingerprint density at radius 2 is 2.11 bits per heavy atom. The zero-order valence-corrected chi connectivity index (χ0v) is 11.6. The summed E-state index contributed by atoms with van der Waals surface area (Å²) in [6.07, 6.45) is 4.21. The van der Waals surface area contributed by atoms with Crippen molar-refractivity contribution in [3.05, 3.63) is 11.6 Å². The van der Waals surface area contributed by atoms with Gasteiger partial charge < -0.3 is 5.11 Å². The molecule has 2 aliphatic rings. The molecular weight excluding hydrogens is 228 g/mol. The highest BCUT2D eigenvalue weighted by Crippen LogP contribution is 2.65. The van der Waals surface area contributed by atoms with E-state index in [1.54, 1.807) is 6.08 Å². The van der Waals surface area contributed by atoms with Gasteiger partial charge in [-0.2, -0.15) is 0 Å². The third-order valence-electron chi connectivity index (χ3n) is 5.50. The molecule has 3 heteroatoms. The molecule has 1 N–H and O–H groups in total. The van der Waals surface area contributed by atoms with Crippen LogP contribution in [0.5, 0.6) is 0 Å². The second-order valence-corrected chi connectivity index (χ2v) is 6.45. The summed E-state index contributed by atoms with van der Waals surface area (Å²) in [6.45, 7) is 8.18. The number of Topliss-reactive ketones (excluding diaryl/α,β-unsaturated/α-hetero) is 1. The van der Waals surface area contributed by atoms with Crippen molar-refractivity contribution in [2.75, 3.05) is 0 Å². The van der Waals surface area contributed by atoms with Gasteiger partial charge in [0, 0.05) is 5.41 Å². The molecule has 0 radical (unpaired) electrons. The third-order valence-corrected chi connectivity index (χ3v) is 5.50. The number of hydrogen-bond acceptors (Lipinski definition) is 2. The number of carbonyl (C=O) groups excluding carboxylic acids is 1. The van der Waals surface area contributed by atoms with Crippen molar-refractivity contribution < 1.29 is 14.7 Å². The quantitative estimate of drug-likeness (QED) is 0.783. The number of rotatable bonds is 3. The topological polar surface area (TPSA) is 54.4 Å². The zero-order chi connectivity index (χ0) is 13.7. The van der Waals surface area contributed by atoms with Gasteiger partial charge in [0.25, 0.3) is 0 Å². The van der Waals surface area contributed by atoms with E-state index in [1.165, 1.54) is 0 Å². The minimum atomic E-state index is -0.830. The molecule has 0 aromatic heterocycles. The highest BCUT2D eigenvalue weighted by Gasteiger charge is 2.63. The first-order valence-electron chi connectivity index (χ1n) is 6.75. The summed E-state index contributed by atoms with van der Waals surface area (Å²) in [6, 6.07) is 0. The Kier molecular flexibility index (Phi) is 2.91. The molecule has 3 nitrogen and oxygen atoms in total. The van der Waals surface area contributed by atoms with Crippen LogP contribution in [0.4, 0.5) is 0 Å². The minimum absolute atomic E-state index is 0.0350. The van der Waals surface area contributed by atoms with E-state index in [0.717, 1.165) is 18.4 Å². The highest BCUT2D eigenvalue weighted by atomic mass is 16.4. The lowest BCUT2D eigenvalue weighted by Gasteiger charge is -2.31. The molecule has 2 bridgehead atoms. The molecule has 2 saturated carbocycles. The van der Waals surface area contributed by atoms with Gasteiger partial charge in [-0.3, -0.25) is 9.59 Å². The Morgan fingerprint density at radius 1 is 1.50 bits per heavy atom. The molecule has 0 saturated heterocycles. The predicted octanol–water partition coefficient (Wildman–Crippen LogP) is 3.05. The molecule has 0 heterocycles. The fraction of sp³-hybridized carbons (Fsp3) is 0.733. The minimum Gasteiger partial charge on any atom is -0.481 e. The molecule has 2 rings (SSSR count). The Morgan fingerprint density at radius 3 is 2.50 bits per heavy atom. The highest BCUT2D eigenvalue weighted by molar-refractivity contribution is 6.05. The standard InChI is InChI=1S/C15H22O3/c1-5-9(13(17)18)8-10-11-6-7-15(4,12(10)16)14(11,2)3/h8-9,11H,5-7H2,1-4H3,(H,17,18)/b10-8-/t9-,11-,15-/m1/s1. The lowest BCUT2D eigenvalue weighted by Crippen LogP contribution is -2.32. The number of carboxylic acids is 1. The van der Waals surface area contributed by atoms with Crippen molar-refractivity contribution in [2.45, 2.75) is 47.0 Å². The zero-order valence-electron chi connectivity index (χ0n) is 11.6. The Labute approximate surface area is 108 Å². The molecule has 18 heavy (non-hydrogen) atoms. The van der Waals surface area contributed by atoms with Crippen LogP contribution < -0.4 is 0 Å². The van der Waals surface area contributed by atoms with Crippen LogP contribution in [-0.4, -0.2) is 16.9 Å². The van der Waals surface area contributed by atoms with Gasteiger partial charge >= 0.3 is 5.97 Å². The molecule has 0 aliphatic heterocycles. The van der Waals surface area contributed by atoms with E-state index in [2.05, 4.69) is 13.8 Å². The summed E-state index contributed by atoms with van der Waals surface area (Å²) >= 11 is 0. The van der Waals surface area contributed by atoms with Gasteiger partial charge in [0.15, 0.2) is 5.78 Å². The van der Waals surface area contributed by atoms with Crippen molar-refractivity contribution in [1.82, 2.24) is 0 Å². The van der Waals surface area contributed by atoms with Crippen molar-refractivity contribution in [3.63, 3.8) is 0 Å². The number of aliphatic carboxylic acids is 1. The van der Waals surface area contributed by atoms with E-state index >= 15 is 0 Å². The van der Waals surface area contributed by atoms with E-state index in [-0.39, 0.29) is 22.5 Å². The van der Waals surface area contributed by atoms with E-state index in [9.17, 15) is 9.59 Å². The van der Waals surface area contributed by atoms with Crippen LogP contribution in [0.25, 0.3) is 0 Å². The number of ketones is 1. The number of fused-ring (bicyclic) bond motifs is 2. The molecule has 0 aromatic carbocycles. The van der Waals surface area contributed by atoms with Crippen LogP contribution in [0.1, 0.15) is 47.0 Å². The van der Waals surface area contributed by atoms with E-state index < -0.39 is 11.9 Å². The van der Waals surface area contributed by atoms with Gasteiger partial charge in [0.05, 0.1) is 5.92 Å². The normalized spacial score (nSPS) is 37.2. The monoisotopic (exact) mass is 250 g/mol. The SMILES string of the molecule is CC[C@H](/C=C1\C(=O)[C@@]2(C)CC[C@H]1C2(C)C)C(=O)O. The van der Waals surface area contributed by atoms with Crippen LogP contribution in [-0.2, 0) is 9.59 Å². The van der Waals surface area contributed by atoms with Crippen LogP contribution >= 0.6 is 0 Å².